The van der Waals surface area contributed by atoms with Crippen molar-refractivity contribution in [2.75, 3.05) is 19.8 Å². The molecule has 0 bridgehead atoms. The van der Waals surface area contributed by atoms with E-state index in [1.165, 1.54) is 0 Å². The minimum atomic E-state index is -0.726. The molecule has 1 saturated heterocycles. The Morgan fingerprint density at radius 2 is 1.91 bits per heavy atom. The molecule has 182 valence electrons. The van der Waals surface area contributed by atoms with Crippen molar-refractivity contribution in [3.8, 4) is 0 Å². The number of aliphatic hydroxyl groups excluding tert-OH is 1. The van der Waals surface area contributed by atoms with Crippen LogP contribution in [0.5, 0.6) is 0 Å². The van der Waals surface area contributed by atoms with E-state index in [1.54, 1.807) is 11.8 Å². The lowest BCUT2D eigenvalue weighted by Gasteiger charge is -2.34. The number of hydrogen-bond acceptors (Lipinski definition) is 5. The number of fused-ring (bicyclic) bond motifs is 1. The summed E-state index contributed by atoms with van der Waals surface area (Å²) in [5, 5.41) is 13.1. The zero-order valence-electron chi connectivity index (χ0n) is 20.4. The van der Waals surface area contributed by atoms with Gasteiger partial charge < -0.3 is 20.1 Å². The van der Waals surface area contributed by atoms with Crippen LogP contribution in [0.25, 0.3) is 0 Å². The summed E-state index contributed by atoms with van der Waals surface area (Å²) < 4.78 is 5.38. The number of likely N-dealkylation sites (tertiary alicyclic amines) is 1. The Bertz CT molecular complexity index is 677. The third-order valence-corrected chi connectivity index (χ3v) is 6.67. The highest BCUT2D eigenvalue weighted by Gasteiger charge is 2.58. The molecule has 0 aromatic heterocycles. The number of ether oxygens (including phenoxy) is 1. The minimum absolute atomic E-state index is 0.0920. The average molecular weight is 451 g/mol. The molecule has 1 fully saturated rings. The van der Waals surface area contributed by atoms with E-state index >= 15 is 0 Å². The van der Waals surface area contributed by atoms with Gasteiger partial charge in [0.25, 0.3) is 0 Å². The van der Waals surface area contributed by atoms with Gasteiger partial charge in [0.2, 0.25) is 11.8 Å². The van der Waals surface area contributed by atoms with Crippen LogP contribution in [0.2, 0.25) is 0 Å². The number of unbranched alkanes of at least 4 members (excludes halogenated alkanes) is 1. The molecule has 7 heteroatoms. The minimum Gasteiger partial charge on any atom is -0.466 e. The van der Waals surface area contributed by atoms with Crippen molar-refractivity contribution in [1.29, 1.82) is 0 Å². The molecule has 2 aliphatic rings. The summed E-state index contributed by atoms with van der Waals surface area (Å²) in [6, 6.07) is -1.19. The van der Waals surface area contributed by atoms with E-state index < -0.39 is 29.8 Å². The van der Waals surface area contributed by atoms with Crippen molar-refractivity contribution >= 4 is 17.8 Å². The summed E-state index contributed by atoms with van der Waals surface area (Å²) in [5.41, 5.74) is 0. The van der Waals surface area contributed by atoms with Gasteiger partial charge in [0.1, 0.15) is 6.04 Å². The number of amides is 2. The van der Waals surface area contributed by atoms with Gasteiger partial charge in [0, 0.05) is 12.5 Å². The maximum absolute atomic E-state index is 13.8. The third kappa shape index (κ3) is 5.72. The summed E-state index contributed by atoms with van der Waals surface area (Å²) in [5.74, 6) is -2.29. The summed E-state index contributed by atoms with van der Waals surface area (Å²) in [6.45, 7) is 10.5. The van der Waals surface area contributed by atoms with E-state index in [1.807, 2.05) is 26.0 Å². The van der Waals surface area contributed by atoms with Gasteiger partial charge in [-0.2, -0.15) is 0 Å². The van der Waals surface area contributed by atoms with Crippen LogP contribution in [0.3, 0.4) is 0 Å². The van der Waals surface area contributed by atoms with Gasteiger partial charge in [-0.1, -0.05) is 52.7 Å². The van der Waals surface area contributed by atoms with E-state index in [-0.39, 0.29) is 42.8 Å². The van der Waals surface area contributed by atoms with Crippen LogP contribution in [0.1, 0.15) is 66.7 Å². The maximum atomic E-state index is 13.8. The number of carbonyl (C=O) groups is 3. The Kier molecular flexibility index (Phi) is 10.2. The Hall–Kier alpha value is -1.89. The fourth-order valence-electron chi connectivity index (χ4n) is 5.32. The molecule has 7 nitrogen and oxygen atoms in total. The number of aliphatic hydroxyl groups is 1. The Morgan fingerprint density at radius 3 is 2.47 bits per heavy atom. The lowest BCUT2D eigenvalue weighted by molar-refractivity contribution is -0.156. The number of carbonyl (C=O) groups excluding carboxylic acids is 3. The van der Waals surface area contributed by atoms with Crippen molar-refractivity contribution in [1.82, 2.24) is 10.2 Å². The van der Waals surface area contributed by atoms with Crippen molar-refractivity contribution in [3.05, 3.63) is 12.2 Å². The van der Waals surface area contributed by atoms with Gasteiger partial charge in [-0.25, -0.2) is 0 Å². The molecule has 1 aliphatic heterocycles. The quantitative estimate of drug-likeness (QED) is 0.271. The van der Waals surface area contributed by atoms with E-state index in [9.17, 15) is 19.5 Å². The van der Waals surface area contributed by atoms with Crippen LogP contribution < -0.4 is 5.32 Å². The second-order valence-corrected chi connectivity index (χ2v) is 9.52. The number of allylic oxidation sites excluding steroid dienone is 1. The van der Waals surface area contributed by atoms with Crippen LogP contribution in [-0.4, -0.2) is 59.6 Å². The molecule has 0 unspecified atom stereocenters. The van der Waals surface area contributed by atoms with Crippen LogP contribution in [0.15, 0.2) is 12.2 Å². The third-order valence-electron chi connectivity index (χ3n) is 6.67. The standard InChI is InChI=1S/C25H42N2O5/c1-6-9-13-26-23(29)22-19-12-11-17(10-7-2)20(25(31)32-8-3)21(19)24(30)27(22)18(15-28)14-16(4)5/h11-12,16-22,28H,6-10,13-15H2,1-5H3,(H,26,29)/t17-,18-,19+,20-,21+,22+/m1/s1. The fourth-order valence-corrected chi connectivity index (χ4v) is 5.32. The molecule has 0 spiro atoms. The van der Waals surface area contributed by atoms with E-state index in [0.717, 1.165) is 25.7 Å². The highest BCUT2D eigenvalue weighted by molar-refractivity contribution is 5.96. The molecule has 32 heavy (non-hydrogen) atoms. The molecule has 1 aliphatic carbocycles. The summed E-state index contributed by atoms with van der Waals surface area (Å²) >= 11 is 0. The first-order valence-electron chi connectivity index (χ1n) is 12.4. The van der Waals surface area contributed by atoms with Gasteiger partial charge in [-0.05, 0) is 38.0 Å². The maximum Gasteiger partial charge on any atom is 0.310 e. The lowest BCUT2D eigenvalue weighted by Crippen LogP contribution is -2.52. The molecular weight excluding hydrogens is 408 g/mol. The van der Waals surface area contributed by atoms with Crippen molar-refractivity contribution in [2.45, 2.75) is 78.8 Å². The van der Waals surface area contributed by atoms with Crippen LogP contribution in [0, 0.1) is 29.6 Å². The zero-order valence-corrected chi connectivity index (χ0v) is 20.4. The van der Waals surface area contributed by atoms with Crippen LogP contribution in [0.4, 0.5) is 0 Å². The van der Waals surface area contributed by atoms with Crippen LogP contribution in [-0.2, 0) is 19.1 Å². The second-order valence-electron chi connectivity index (χ2n) is 9.52. The van der Waals surface area contributed by atoms with Gasteiger partial charge in [0.15, 0.2) is 0 Å². The zero-order chi connectivity index (χ0) is 23.8. The predicted octanol–water partition coefficient (Wildman–Crippen LogP) is 2.92. The van der Waals surface area contributed by atoms with Gasteiger partial charge in [-0.3, -0.25) is 14.4 Å². The molecule has 0 radical (unpaired) electrons. The largest absolute Gasteiger partial charge is 0.466 e. The number of nitrogens with zero attached hydrogens (tertiary/aromatic N) is 1. The molecule has 0 saturated carbocycles. The predicted molar refractivity (Wildman–Crippen MR) is 124 cm³/mol. The van der Waals surface area contributed by atoms with Gasteiger partial charge in [-0.15, -0.1) is 0 Å². The first-order valence-corrected chi connectivity index (χ1v) is 12.4. The number of rotatable bonds is 12. The molecule has 0 aromatic rings. The van der Waals surface area contributed by atoms with Crippen molar-refractivity contribution in [3.63, 3.8) is 0 Å². The smallest absolute Gasteiger partial charge is 0.310 e. The van der Waals surface area contributed by atoms with E-state index in [2.05, 4.69) is 19.2 Å². The van der Waals surface area contributed by atoms with Crippen molar-refractivity contribution < 1.29 is 24.2 Å². The van der Waals surface area contributed by atoms with E-state index in [0.29, 0.717) is 13.0 Å². The topological polar surface area (TPSA) is 95.9 Å². The highest BCUT2D eigenvalue weighted by atomic mass is 16.5. The highest BCUT2D eigenvalue weighted by Crippen LogP contribution is 2.46. The van der Waals surface area contributed by atoms with E-state index in [4.69, 9.17) is 4.74 Å². The average Bonchev–Trinajstić information content (AvgIpc) is 3.04. The molecular formula is C25H42N2O5. The number of hydrogen-bond donors (Lipinski definition) is 2. The normalized spacial score (nSPS) is 28.0. The van der Waals surface area contributed by atoms with Gasteiger partial charge in [0.05, 0.1) is 31.1 Å². The fraction of sp³-hybridized carbons (Fsp3) is 0.800. The SMILES string of the molecule is CCCCNC(=O)[C@@H]1[C@H]2C=C[C@@H](CCC)[C@@H](C(=O)OCC)[C@H]2C(=O)N1[C@@H](CO)CC(C)C. The monoisotopic (exact) mass is 450 g/mol. The second kappa shape index (κ2) is 12.4. The van der Waals surface area contributed by atoms with Crippen molar-refractivity contribution in [2.24, 2.45) is 29.6 Å². The number of esters is 1. The molecule has 1 heterocycles. The van der Waals surface area contributed by atoms with Crippen LogP contribution >= 0.6 is 0 Å². The summed E-state index contributed by atoms with van der Waals surface area (Å²) in [7, 11) is 0. The molecule has 2 amide bonds. The Balaban J connectivity index is 2.48. The first-order chi connectivity index (χ1) is 15.3. The molecule has 0 aromatic carbocycles. The lowest BCUT2D eigenvalue weighted by atomic mass is 9.69. The Morgan fingerprint density at radius 1 is 1.19 bits per heavy atom. The number of nitrogens with one attached hydrogen (secondary N) is 1. The molecule has 2 N–H and O–H groups in total. The van der Waals surface area contributed by atoms with Gasteiger partial charge >= 0.3 is 5.97 Å². The Labute approximate surface area is 192 Å². The summed E-state index contributed by atoms with van der Waals surface area (Å²) in [6.07, 6.45) is 8.03. The first kappa shape index (κ1) is 26.4. The summed E-state index contributed by atoms with van der Waals surface area (Å²) in [4.78, 5) is 41.7. The molecule has 2 rings (SSSR count). The molecule has 6 atom stereocenters.